The van der Waals surface area contributed by atoms with E-state index >= 15 is 0 Å². The quantitative estimate of drug-likeness (QED) is 0.323. The van der Waals surface area contributed by atoms with Crippen molar-refractivity contribution in [2.24, 2.45) is 0 Å². The lowest BCUT2D eigenvalue weighted by atomic mass is 10.1. The molecule has 0 radical (unpaired) electrons. The molecule has 0 aromatic heterocycles. The lowest BCUT2D eigenvalue weighted by Gasteiger charge is -2.13. The summed E-state index contributed by atoms with van der Waals surface area (Å²) in [7, 11) is 0. The van der Waals surface area contributed by atoms with Crippen LogP contribution in [0.4, 0.5) is 19.3 Å². The zero-order valence-corrected chi connectivity index (χ0v) is 16.9. The van der Waals surface area contributed by atoms with Crippen LogP contribution in [0.5, 0.6) is 11.5 Å². The van der Waals surface area contributed by atoms with Crippen molar-refractivity contribution in [3.8, 4) is 11.5 Å². The highest BCUT2D eigenvalue weighted by atomic mass is 32.2. The zero-order valence-electron chi connectivity index (χ0n) is 16.1. The summed E-state index contributed by atoms with van der Waals surface area (Å²) in [5.74, 6) is -0.701. The Morgan fingerprint density at radius 1 is 1.19 bits per heavy atom. The van der Waals surface area contributed by atoms with Gasteiger partial charge in [-0.3, -0.25) is 24.6 Å². The lowest BCUT2D eigenvalue weighted by Crippen LogP contribution is -2.27. The SMILES string of the molecule is CCOc1cc(/C=C2\SC(=O)N(Cc3ccccc3[N+](=O)[O-])C2=O)ccc1OC(F)F. The molecular weight excluding hydrogens is 434 g/mol. The van der Waals surface area contributed by atoms with E-state index in [0.717, 1.165) is 4.90 Å². The van der Waals surface area contributed by atoms with Crippen LogP contribution in [-0.2, 0) is 11.3 Å². The molecule has 1 fully saturated rings. The largest absolute Gasteiger partial charge is 0.490 e. The summed E-state index contributed by atoms with van der Waals surface area (Å²) in [6.07, 6.45) is 1.42. The third kappa shape index (κ3) is 5.18. The minimum absolute atomic E-state index is 0.0655. The van der Waals surface area contributed by atoms with Gasteiger partial charge in [0.15, 0.2) is 11.5 Å². The first-order valence-corrected chi connectivity index (χ1v) is 9.81. The molecule has 0 aliphatic carbocycles. The number of nitro benzene ring substituents is 1. The summed E-state index contributed by atoms with van der Waals surface area (Å²) in [5.41, 5.74) is 0.464. The number of imide groups is 1. The lowest BCUT2D eigenvalue weighted by molar-refractivity contribution is -0.385. The van der Waals surface area contributed by atoms with Gasteiger partial charge in [-0.05, 0) is 42.5 Å². The number of thioether (sulfide) groups is 1. The van der Waals surface area contributed by atoms with E-state index in [2.05, 4.69) is 4.74 Å². The summed E-state index contributed by atoms with van der Waals surface area (Å²) in [6.45, 7) is -1.39. The highest BCUT2D eigenvalue weighted by Gasteiger charge is 2.36. The normalized spacial score (nSPS) is 15.1. The van der Waals surface area contributed by atoms with Crippen LogP contribution in [0.1, 0.15) is 18.1 Å². The van der Waals surface area contributed by atoms with Gasteiger partial charge in [0.25, 0.3) is 16.8 Å². The number of rotatable bonds is 8. The first-order chi connectivity index (χ1) is 14.8. The smallest absolute Gasteiger partial charge is 0.387 e. The van der Waals surface area contributed by atoms with E-state index in [1.165, 1.54) is 42.5 Å². The van der Waals surface area contributed by atoms with Crippen molar-refractivity contribution in [2.45, 2.75) is 20.1 Å². The van der Waals surface area contributed by atoms with Crippen molar-refractivity contribution in [2.75, 3.05) is 6.61 Å². The molecule has 2 aromatic carbocycles. The molecule has 3 rings (SSSR count). The van der Waals surface area contributed by atoms with E-state index in [0.29, 0.717) is 17.3 Å². The van der Waals surface area contributed by atoms with Crippen LogP contribution in [0, 0.1) is 10.1 Å². The second-order valence-electron chi connectivity index (χ2n) is 6.17. The van der Waals surface area contributed by atoms with Crippen molar-refractivity contribution in [1.82, 2.24) is 4.90 Å². The number of nitro groups is 1. The second-order valence-corrected chi connectivity index (χ2v) is 7.16. The van der Waals surface area contributed by atoms with E-state index in [-0.39, 0.29) is 40.8 Å². The Hall–Kier alpha value is -3.47. The number of alkyl halides is 2. The highest BCUT2D eigenvalue weighted by molar-refractivity contribution is 8.18. The summed E-state index contributed by atoms with van der Waals surface area (Å²) in [6, 6.07) is 9.97. The van der Waals surface area contributed by atoms with Gasteiger partial charge >= 0.3 is 6.61 Å². The second kappa shape index (κ2) is 9.56. The van der Waals surface area contributed by atoms with Crippen LogP contribution in [0.2, 0.25) is 0 Å². The Kier molecular flexibility index (Phi) is 6.85. The number of carbonyl (C=O) groups excluding carboxylic acids is 2. The maximum absolute atomic E-state index is 12.7. The number of ether oxygens (including phenoxy) is 2. The molecule has 11 heteroatoms. The van der Waals surface area contributed by atoms with Gasteiger partial charge in [0.2, 0.25) is 0 Å². The predicted octanol–water partition coefficient (Wildman–Crippen LogP) is 4.83. The van der Waals surface area contributed by atoms with Crippen LogP contribution < -0.4 is 9.47 Å². The number of benzene rings is 2. The van der Waals surface area contributed by atoms with Crippen LogP contribution in [0.25, 0.3) is 6.08 Å². The van der Waals surface area contributed by atoms with Gasteiger partial charge in [0, 0.05) is 11.6 Å². The molecule has 162 valence electrons. The van der Waals surface area contributed by atoms with Gasteiger partial charge in [0.1, 0.15) is 0 Å². The first kappa shape index (κ1) is 22.2. The maximum Gasteiger partial charge on any atom is 0.387 e. The number of nitrogens with zero attached hydrogens (tertiary/aromatic N) is 2. The summed E-state index contributed by atoms with van der Waals surface area (Å²) in [5, 5.41) is 10.6. The molecule has 0 atom stereocenters. The van der Waals surface area contributed by atoms with Gasteiger partial charge in [-0.15, -0.1) is 0 Å². The maximum atomic E-state index is 12.7. The summed E-state index contributed by atoms with van der Waals surface area (Å²) >= 11 is 0.681. The van der Waals surface area contributed by atoms with Crippen LogP contribution >= 0.6 is 11.8 Å². The van der Waals surface area contributed by atoms with E-state index in [1.54, 1.807) is 13.0 Å². The van der Waals surface area contributed by atoms with E-state index in [4.69, 9.17) is 4.74 Å². The van der Waals surface area contributed by atoms with E-state index in [9.17, 15) is 28.5 Å². The molecular formula is C20H16F2N2O6S. The molecule has 8 nitrogen and oxygen atoms in total. The number of para-hydroxylation sites is 1. The van der Waals surface area contributed by atoms with Crippen molar-refractivity contribution >= 4 is 34.7 Å². The Morgan fingerprint density at radius 2 is 1.94 bits per heavy atom. The molecule has 0 bridgehead atoms. The van der Waals surface area contributed by atoms with Crippen LogP contribution in [0.3, 0.4) is 0 Å². The van der Waals surface area contributed by atoms with Crippen molar-refractivity contribution < 1.29 is 32.8 Å². The van der Waals surface area contributed by atoms with Crippen molar-refractivity contribution in [1.29, 1.82) is 0 Å². The van der Waals surface area contributed by atoms with E-state index < -0.39 is 22.7 Å². The molecule has 0 unspecified atom stereocenters. The zero-order chi connectivity index (χ0) is 22.5. The van der Waals surface area contributed by atoms with Gasteiger partial charge < -0.3 is 9.47 Å². The standard InChI is InChI=1S/C20H16F2N2O6S/c1-2-29-16-9-12(7-8-15(16)30-19(21)22)10-17-18(25)23(20(26)31-17)11-13-5-3-4-6-14(13)24(27)28/h3-10,19H,2,11H2,1H3/b17-10-. The van der Waals surface area contributed by atoms with Crippen LogP contribution in [-0.4, -0.2) is 34.2 Å². The fraction of sp³-hybridized carbons (Fsp3) is 0.200. The number of hydrogen-bond acceptors (Lipinski definition) is 7. The predicted molar refractivity (Wildman–Crippen MR) is 109 cm³/mol. The average Bonchev–Trinajstić information content (AvgIpc) is 2.97. The molecule has 0 spiro atoms. The summed E-state index contributed by atoms with van der Waals surface area (Å²) < 4.78 is 34.8. The number of hydrogen-bond donors (Lipinski definition) is 0. The average molecular weight is 450 g/mol. The molecule has 2 aromatic rings. The van der Waals surface area contributed by atoms with Gasteiger partial charge in [-0.25, -0.2) is 0 Å². The Morgan fingerprint density at radius 3 is 2.61 bits per heavy atom. The number of amides is 2. The minimum Gasteiger partial charge on any atom is -0.490 e. The molecule has 2 amide bonds. The molecule has 0 N–H and O–H groups in total. The molecule has 1 saturated heterocycles. The van der Waals surface area contributed by atoms with Gasteiger partial charge in [0.05, 0.1) is 23.0 Å². The number of halogens is 2. The van der Waals surface area contributed by atoms with Crippen molar-refractivity contribution in [3.63, 3.8) is 0 Å². The summed E-state index contributed by atoms with van der Waals surface area (Å²) in [4.78, 5) is 36.7. The molecule has 31 heavy (non-hydrogen) atoms. The Bertz CT molecular complexity index is 1060. The third-order valence-electron chi connectivity index (χ3n) is 4.17. The minimum atomic E-state index is -3.02. The molecule has 0 saturated carbocycles. The number of carbonyl (C=O) groups is 2. The van der Waals surface area contributed by atoms with Gasteiger partial charge in [-0.1, -0.05) is 24.3 Å². The first-order valence-electron chi connectivity index (χ1n) is 8.99. The molecule has 1 aliphatic heterocycles. The third-order valence-corrected chi connectivity index (χ3v) is 5.08. The molecule has 1 heterocycles. The van der Waals surface area contributed by atoms with Crippen LogP contribution in [0.15, 0.2) is 47.4 Å². The Balaban J connectivity index is 1.85. The Labute approximate surface area is 179 Å². The van der Waals surface area contributed by atoms with Gasteiger partial charge in [-0.2, -0.15) is 8.78 Å². The monoisotopic (exact) mass is 450 g/mol. The molecule has 1 aliphatic rings. The van der Waals surface area contributed by atoms with E-state index in [1.807, 2.05) is 0 Å². The topological polar surface area (TPSA) is 99.0 Å². The fourth-order valence-corrected chi connectivity index (χ4v) is 3.70. The fourth-order valence-electron chi connectivity index (χ4n) is 2.86. The highest BCUT2D eigenvalue weighted by Crippen LogP contribution is 2.36. The van der Waals surface area contributed by atoms with Crippen molar-refractivity contribution in [3.05, 3.63) is 68.6 Å².